The number of halogens is 2. The van der Waals surface area contributed by atoms with E-state index in [0.717, 1.165) is 27.2 Å². The van der Waals surface area contributed by atoms with Crippen molar-refractivity contribution in [2.24, 2.45) is 0 Å². The van der Waals surface area contributed by atoms with Crippen molar-refractivity contribution < 1.29 is 13.6 Å². The molecule has 0 aliphatic carbocycles. The molecule has 4 aromatic rings. The van der Waals surface area contributed by atoms with Crippen LogP contribution in [0.1, 0.15) is 32.2 Å². The van der Waals surface area contributed by atoms with Crippen molar-refractivity contribution in [3.05, 3.63) is 69.5 Å². The molecule has 1 amide bonds. The van der Waals surface area contributed by atoms with Crippen LogP contribution in [0.5, 0.6) is 0 Å². The fourth-order valence-corrected chi connectivity index (χ4v) is 5.26. The van der Waals surface area contributed by atoms with Crippen molar-refractivity contribution >= 4 is 38.8 Å². The first kappa shape index (κ1) is 21.3. The molecule has 1 aliphatic heterocycles. The summed E-state index contributed by atoms with van der Waals surface area (Å²) in [6, 6.07) is 6.27. The Morgan fingerprint density at radius 3 is 2.88 bits per heavy atom. The monoisotopic (exact) mass is 468 g/mol. The highest BCUT2D eigenvalue weighted by atomic mass is 32.1. The fraction of sp³-hybridized carbons (Fsp3) is 0.261. The summed E-state index contributed by atoms with van der Waals surface area (Å²) >= 11 is 1.30. The van der Waals surface area contributed by atoms with Gasteiger partial charge in [0.1, 0.15) is 21.3 Å². The van der Waals surface area contributed by atoms with Crippen LogP contribution in [0, 0.1) is 18.6 Å². The van der Waals surface area contributed by atoms with Gasteiger partial charge in [-0.25, -0.2) is 13.8 Å². The molecule has 1 aliphatic rings. The number of hydrogen-bond acceptors (Lipinski definition) is 6. The minimum atomic E-state index is -0.494. The minimum absolute atomic E-state index is 0.175. The predicted octanol–water partition coefficient (Wildman–Crippen LogP) is 4.14. The number of nitrogens with zero attached hydrogens (tertiary/aromatic N) is 3. The van der Waals surface area contributed by atoms with Crippen molar-refractivity contribution in [1.82, 2.24) is 20.5 Å². The summed E-state index contributed by atoms with van der Waals surface area (Å²) < 4.78 is 29.5. The number of aromatic amines is 1. The molecule has 4 heterocycles. The number of aromatic nitrogens is 3. The molecule has 1 aromatic carbocycles. The highest BCUT2D eigenvalue weighted by Crippen LogP contribution is 2.35. The number of fused-ring (bicyclic) bond motifs is 2. The Labute approximate surface area is 192 Å². The molecule has 0 radical (unpaired) electrons. The van der Waals surface area contributed by atoms with Crippen LogP contribution in [0.15, 0.2) is 30.5 Å². The Bertz CT molecular complexity index is 1340. The number of amides is 1. The van der Waals surface area contributed by atoms with Crippen molar-refractivity contribution in [1.29, 1.82) is 0 Å². The molecule has 33 heavy (non-hydrogen) atoms. The summed E-state index contributed by atoms with van der Waals surface area (Å²) in [7, 11) is 1.76. The number of anilines is 2. The van der Waals surface area contributed by atoms with E-state index in [1.165, 1.54) is 23.5 Å². The van der Waals surface area contributed by atoms with E-state index in [0.29, 0.717) is 23.7 Å². The molecule has 3 aromatic heterocycles. The summed E-state index contributed by atoms with van der Waals surface area (Å²) in [5, 5.41) is 13.6. The molecule has 0 unspecified atom stereocenters. The predicted molar refractivity (Wildman–Crippen MR) is 125 cm³/mol. The van der Waals surface area contributed by atoms with Crippen LogP contribution in [0.25, 0.3) is 10.2 Å². The van der Waals surface area contributed by atoms with E-state index in [9.17, 15) is 13.6 Å². The maximum atomic E-state index is 14.8. The molecule has 10 heteroatoms. The van der Waals surface area contributed by atoms with Gasteiger partial charge >= 0.3 is 0 Å². The third kappa shape index (κ3) is 3.91. The molecule has 0 fully saturated rings. The average Bonchev–Trinajstić information content (AvgIpc) is 3.48. The quantitative estimate of drug-likeness (QED) is 0.396. The number of carbonyl (C=O) groups excluding carboxylic acids is 1. The van der Waals surface area contributed by atoms with Crippen molar-refractivity contribution in [2.45, 2.75) is 26.4 Å². The number of hydrogen-bond donors (Lipinski definition) is 3. The largest absolute Gasteiger partial charge is 0.386 e. The van der Waals surface area contributed by atoms with E-state index in [1.54, 1.807) is 18.1 Å². The third-order valence-corrected chi connectivity index (χ3v) is 6.90. The first-order valence-corrected chi connectivity index (χ1v) is 11.4. The highest BCUT2D eigenvalue weighted by molar-refractivity contribution is 7.21. The first-order valence-electron chi connectivity index (χ1n) is 10.5. The Kier molecular flexibility index (Phi) is 5.45. The van der Waals surface area contributed by atoms with E-state index in [4.69, 9.17) is 0 Å². The lowest BCUT2D eigenvalue weighted by molar-refractivity contribution is 0.0959. The smallest absolute Gasteiger partial charge is 0.263 e. The SMILES string of the molecule is CNc1c(C(=O)NCCc2cc(F)c(N3Cc4cn[nH]c4C3)cc2F)sc2nc(C)ccc12. The zero-order valence-corrected chi connectivity index (χ0v) is 18.9. The van der Waals surface area contributed by atoms with Gasteiger partial charge in [-0.15, -0.1) is 11.3 Å². The Morgan fingerprint density at radius 1 is 1.24 bits per heavy atom. The second kappa shape index (κ2) is 8.43. The van der Waals surface area contributed by atoms with Gasteiger partial charge in [-0.05, 0) is 37.1 Å². The van der Waals surface area contributed by atoms with Crippen LogP contribution in [0.3, 0.4) is 0 Å². The molecule has 0 spiro atoms. The zero-order valence-electron chi connectivity index (χ0n) is 18.1. The number of thiophene rings is 1. The van der Waals surface area contributed by atoms with Gasteiger partial charge in [0, 0.05) is 42.8 Å². The van der Waals surface area contributed by atoms with Crippen LogP contribution in [-0.2, 0) is 19.5 Å². The number of carbonyl (C=O) groups is 1. The number of H-pyrrole nitrogens is 1. The van der Waals surface area contributed by atoms with E-state index in [1.807, 2.05) is 19.1 Å². The van der Waals surface area contributed by atoms with Gasteiger partial charge in [-0.2, -0.15) is 5.10 Å². The molecule has 0 saturated heterocycles. The number of aryl methyl sites for hydroxylation is 1. The molecular formula is C23H22F2N6OS. The lowest BCUT2D eigenvalue weighted by Crippen LogP contribution is -2.26. The van der Waals surface area contributed by atoms with Crippen LogP contribution < -0.4 is 15.5 Å². The van der Waals surface area contributed by atoms with Crippen LogP contribution in [-0.4, -0.2) is 34.7 Å². The Morgan fingerprint density at radius 2 is 2.09 bits per heavy atom. The van der Waals surface area contributed by atoms with Crippen LogP contribution in [0.2, 0.25) is 0 Å². The lowest BCUT2D eigenvalue weighted by atomic mass is 10.1. The van der Waals surface area contributed by atoms with Gasteiger partial charge in [-0.3, -0.25) is 9.89 Å². The number of benzene rings is 1. The summed E-state index contributed by atoms with van der Waals surface area (Å²) in [5.41, 5.74) is 3.92. The highest BCUT2D eigenvalue weighted by Gasteiger charge is 2.24. The van der Waals surface area contributed by atoms with Crippen molar-refractivity contribution in [2.75, 3.05) is 23.8 Å². The second-order valence-corrected chi connectivity index (χ2v) is 8.99. The molecule has 7 nitrogen and oxygen atoms in total. The number of nitrogens with one attached hydrogen (secondary N) is 3. The summed E-state index contributed by atoms with van der Waals surface area (Å²) in [5.74, 6) is -1.25. The molecular weight excluding hydrogens is 446 g/mol. The Balaban J connectivity index is 1.26. The summed E-state index contributed by atoms with van der Waals surface area (Å²) in [4.78, 5) is 20.3. The lowest BCUT2D eigenvalue weighted by Gasteiger charge is -2.19. The second-order valence-electron chi connectivity index (χ2n) is 7.99. The normalized spacial score (nSPS) is 12.9. The van der Waals surface area contributed by atoms with Crippen LogP contribution >= 0.6 is 11.3 Å². The van der Waals surface area contributed by atoms with Gasteiger partial charge < -0.3 is 15.5 Å². The summed E-state index contributed by atoms with van der Waals surface area (Å²) in [6.45, 7) is 3.01. The van der Waals surface area contributed by atoms with Gasteiger partial charge in [0.25, 0.3) is 5.91 Å². The van der Waals surface area contributed by atoms with Gasteiger partial charge in [0.2, 0.25) is 0 Å². The molecule has 170 valence electrons. The van der Waals surface area contributed by atoms with Gasteiger partial charge in [-0.1, -0.05) is 0 Å². The maximum absolute atomic E-state index is 14.8. The Hall–Kier alpha value is -3.53. The molecule has 3 N–H and O–H groups in total. The van der Waals surface area contributed by atoms with E-state index in [-0.39, 0.29) is 30.1 Å². The van der Waals surface area contributed by atoms with E-state index >= 15 is 0 Å². The maximum Gasteiger partial charge on any atom is 0.263 e. The van der Waals surface area contributed by atoms with E-state index in [2.05, 4.69) is 25.8 Å². The third-order valence-electron chi connectivity index (χ3n) is 5.81. The standard InChI is InChI=1S/C23H22F2N6OS/c1-12-3-4-15-20(26-2)21(33-23(15)29-12)22(32)27-6-5-13-7-17(25)19(8-16(13)24)31-10-14-9-28-30-18(14)11-31/h3-4,7-9,26H,5-6,10-11H2,1-2H3,(H,27,32)(H,28,30). The molecule has 0 bridgehead atoms. The average molecular weight is 469 g/mol. The van der Waals surface area contributed by atoms with E-state index < -0.39 is 11.6 Å². The topological polar surface area (TPSA) is 85.9 Å². The zero-order chi connectivity index (χ0) is 23.1. The molecule has 5 rings (SSSR count). The summed E-state index contributed by atoms with van der Waals surface area (Å²) in [6.07, 6.45) is 1.88. The van der Waals surface area contributed by atoms with Gasteiger partial charge in [0.05, 0.1) is 29.8 Å². The van der Waals surface area contributed by atoms with Crippen molar-refractivity contribution in [3.8, 4) is 0 Å². The van der Waals surface area contributed by atoms with Crippen LogP contribution in [0.4, 0.5) is 20.2 Å². The van der Waals surface area contributed by atoms with Crippen molar-refractivity contribution in [3.63, 3.8) is 0 Å². The molecule has 0 atom stereocenters. The molecule has 0 saturated carbocycles. The first-order chi connectivity index (χ1) is 15.9. The number of rotatable bonds is 6. The number of pyridine rings is 1. The fourth-order valence-electron chi connectivity index (χ4n) is 4.12. The minimum Gasteiger partial charge on any atom is -0.386 e. The van der Waals surface area contributed by atoms with Gasteiger partial charge in [0.15, 0.2) is 0 Å².